The van der Waals surface area contributed by atoms with E-state index in [9.17, 15) is 0 Å². The second kappa shape index (κ2) is 25.3. The fraction of sp³-hybridized carbons (Fsp3) is 0.324. The fourth-order valence-corrected chi connectivity index (χ4v) is 11.2. The van der Waals surface area contributed by atoms with Gasteiger partial charge >= 0.3 is 0 Å². The number of hydrogen-bond donors (Lipinski definition) is 0. The predicted octanol–water partition coefficient (Wildman–Crippen LogP) is 21.6. The zero-order valence-electron chi connectivity index (χ0n) is 45.6. The molecule has 8 aromatic rings. The van der Waals surface area contributed by atoms with Crippen molar-refractivity contribution in [2.24, 2.45) is 0 Å². The maximum atomic E-state index is 2.53. The third-order valence-corrected chi connectivity index (χ3v) is 15.7. The van der Waals surface area contributed by atoms with E-state index in [4.69, 9.17) is 0 Å². The molecule has 0 radical (unpaired) electrons. The molecule has 2 nitrogen and oxygen atoms in total. The highest BCUT2D eigenvalue weighted by molar-refractivity contribution is 5.83. The summed E-state index contributed by atoms with van der Waals surface area (Å²) in [5.41, 5.74) is 23.8. The molecular formula is C71H82N2. The van der Waals surface area contributed by atoms with Gasteiger partial charge in [0.15, 0.2) is 0 Å². The number of benzene rings is 8. The van der Waals surface area contributed by atoms with Crippen LogP contribution in [-0.2, 0) is 5.41 Å². The number of unbranched alkanes of at least 4 members (excludes halogenated alkanes) is 10. The predicted molar refractivity (Wildman–Crippen MR) is 318 cm³/mol. The van der Waals surface area contributed by atoms with Crippen LogP contribution in [0.25, 0.3) is 22.3 Å². The van der Waals surface area contributed by atoms with Crippen molar-refractivity contribution in [3.05, 3.63) is 226 Å². The largest absolute Gasteiger partial charge is 0.310 e. The van der Waals surface area contributed by atoms with Gasteiger partial charge in [-0.25, -0.2) is 0 Å². The van der Waals surface area contributed by atoms with Gasteiger partial charge in [-0.3, -0.25) is 0 Å². The van der Waals surface area contributed by atoms with Gasteiger partial charge in [0.05, 0.1) is 0 Å². The average molecular weight is 963 g/mol. The van der Waals surface area contributed by atoms with E-state index in [1.807, 2.05) is 0 Å². The van der Waals surface area contributed by atoms with Crippen molar-refractivity contribution in [3.63, 3.8) is 0 Å². The Morgan fingerprint density at radius 2 is 0.644 bits per heavy atom. The Morgan fingerprint density at radius 3 is 1.01 bits per heavy atom. The summed E-state index contributed by atoms with van der Waals surface area (Å²) in [6.45, 7) is 17.8. The maximum Gasteiger partial charge on any atom is 0.0464 e. The average Bonchev–Trinajstić information content (AvgIpc) is 3.66. The highest BCUT2D eigenvalue weighted by Crippen LogP contribution is 2.55. The van der Waals surface area contributed by atoms with E-state index in [1.54, 1.807) is 11.1 Å². The monoisotopic (exact) mass is 963 g/mol. The van der Waals surface area contributed by atoms with Crippen LogP contribution in [0, 0.1) is 41.5 Å². The van der Waals surface area contributed by atoms with Crippen molar-refractivity contribution in [3.8, 4) is 22.3 Å². The number of para-hydroxylation sites is 2. The number of fused-ring (bicyclic) bond motifs is 3. The first kappa shape index (κ1) is 52.7. The molecule has 0 heterocycles. The lowest BCUT2D eigenvalue weighted by Crippen LogP contribution is -2.25. The molecule has 0 atom stereocenters. The molecule has 8 aromatic carbocycles. The van der Waals surface area contributed by atoms with Crippen LogP contribution in [0.15, 0.2) is 182 Å². The number of anilines is 6. The molecule has 1 aliphatic carbocycles. The molecule has 2 heteroatoms. The molecule has 0 saturated heterocycles. The summed E-state index contributed by atoms with van der Waals surface area (Å²) in [5.74, 6) is 0. The Bertz CT molecular complexity index is 2780. The van der Waals surface area contributed by atoms with Crippen molar-refractivity contribution in [2.45, 2.75) is 151 Å². The van der Waals surface area contributed by atoms with E-state index in [-0.39, 0.29) is 5.41 Å². The molecule has 0 N–H and O–H groups in total. The smallest absolute Gasteiger partial charge is 0.0464 e. The van der Waals surface area contributed by atoms with Crippen molar-refractivity contribution in [1.82, 2.24) is 0 Å². The Hall–Kier alpha value is -6.64. The third-order valence-electron chi connectivity index (χ3n) is 15.7. The standard InChI is InChI=1S/C40H36N2.C31H46/c1-29-15-21-39(27-31(29)3)41(35-11-7-5-8-12-35)37-23-17-33(18-24-37)34-19-25-38(26-20-34)42(36-13-9-6-10-14-36)40-22-16-30(2)32(4)28-40;1-5-7-9-11-13-15-21-31(22-16-14-12-10-8-6-2)29-23-25(3)17-19-27(29)28-20-18-26(4)24-30(28)31/h5-28H,1-4H3;17-20,23-24H,5-16,21-22H2,1-4H3. The first-order valence-corrected chi connectivity index (χ1v) is 27.9. The van der Waals surface area contributed by atoms with E-state index in [1.165, 1.54) is 146 Å². The van der Waals surface area contributed by atoms with Crippen molar-refractivity contribution >= 4 is 34.1 Å². The Morgan fingerprint density at radius 1 is 0.301 bits per heavy atom. The first-order valence-electron chi connectivity index (χ1n) is 27.9. The van der Waals surface area contributed by atoms with Crippen LogP contribution >= 0.6 is 0 Å². The third kappa shape index (κ3) is 12.8. The van der Waals surface area contributed by atoms with Crippen LogP contribution in [0.1, 0.15) is 148 Å². The molecule has 0 amide bonds. The van der Waals surface area contributed by atoms with Gasteiger partial charge in [-0.05, 0) is 183 Å². The normalized spacial score (nSPS) is 12.2. The van der Waals surface area contributed by atoms with Crippen molar-refractivity contribution in [2.75, 3.05) is 9.80 Å². The summed E-state index contributed by atoms with van der Waals surface area (Å²) in [5, 5.41) is 0. The van der Waals surface area contributed by atoms with Crippen molar-refractivity contribution in [1.29, 1.82) is 0 Å². The topological polar surface area (TPSA) is 6.48 Å². The molecule has 1 aliphatic rings. The first-order chi connectivity index (χ1) is 35.6. The summed E-state index contributed by atoms with van der Waals surface area (Å²) in [6.07, 6.45) is 19.2. The van der Waals surface area contributed by atoms with Crippen LogP contribution in [0.4, 0.5) is 34.1 Å². The van der Waals surface area contributed by atoms with Crippen molar-refractivity contribution < 1.29 is 0 Å². The molecular weight excluding hydrogens is 881 g/mol. The lowest BCUT2D eigenvalue weighted by molar-refractivity contribution is 0.397. The second-order valence-electron chi connectivity index (χ2n) is 21.2. The quantitative estimate of drug-likeness (QED) is 0.0662. The highest BCUT2D eigenvalue weighted by Gasteiger charge is 2.42. The van der Waals surface area contributed by atoms with Gasteiger partial charge in [0, 0.05) is 39.5 Å². The zero-order chi connectivity index (χ0) is 51.2. The second-order valence-corrected chi connectivity index (χ2v) is 21.2. The highest BCUT2D eigenvalue weighted by atomic mass is 15.1. The SMILES string of the molecule is CCCCCCCCC1(CCCCCCCC)c2cc(C)ccc2-c2ccc(C)cc21.Cc1ccc(N(c2ccccc2)c2ccc(-c3ccc(N(c4ccccc4)c4ccc(C)c(C)c4)cc3)cc2)cc1C. The van der Waals surface area contributed by atoms with Crippen LogP contribution in [0.3, 0.4) is 0 Å². The maximum absolute atomic E-state index is 2.53. The van der Waals surface area contributed by atoms with Gasteiger partial charge in [0.25, 0.3) is 0 Å². The summed E-state index contributed by atoms with van der Waals surface area (Å²) in [4.78, 5) is 4.64. The minimum absolute atomic E-state index is 0.234. The van der Waals surface area contributed by atoms with Gasteiger partial charge in [-0.15, -0.1) is 0 Å². The number of hydrogen-bond acceptors (Lipinski definition) is 2. The Labute approximate surface area is 441 Å². The number of nitrogens with zero attached hydrogens (tertiary/aromatic N) is 2. The lowest BCUT2D eigenvalue weighted by Gasteiger charge is -2.33. The van der Waals surface area contributed by atoms with E-state index >= 15 is 0 Å². The van der Waals surface area contributed by atoms with E-state index in [2.05, 4.69) is 247 Å². The number of rotatable bonds is 21. The Kier molecular flexibility index (Phi) is 18.3. The van der Waals surface area contributed by atoms with Crippen LogP contribution in [0.2, 0.25) is 0 Å². The number of aryl methyl sites for hydroxylation is 6. The summed E-state index contributed by atoms with van der Waals surface area (Å²) >= 11 is 0. The summed E-state index contributed by atoms with van der Waals surface area (Å²) < 4.78 is 0. The van der Waals surface area contributed by atoms with Crippen LogP contribution in [0.5, 0.6) is 0 Å². The molecule has 73 heavy (non-hydrogen) atoms. The summed E-state index contributed by atoms with van der Waals surface area (Å²) in [7, 11) is 0. The fourth-order valence-electron chi connectivity index (χ4n) is 11.2. The molecule has 376 valence electrons. The minimum atomic E-state index is 0.234. The van der Waals surface area contributed by atoms with Gasteiger partial charge in [0.2, 0.25) is 0 Å². The van der Waals surface area contributed by atoms with Gasteiger partial charge in [-0.1, -0.05) is 211 Å². The Balaban J connectivity index is 0.000000205. The molecule has 0 saturated carbocycles. The zero-order valence-corrected chi connectivity index (χ0v) is 45.6. The molecule has 0 bridgehead atoms. The molecule has 0 unspecified atom stereocenters. The molecule has 0 aliphatic heterocycles. The molecule has 9 rings (SSSR count). The van der Waals surface area contributed by atoms with E-state index < -0.39 is 0 Å². The molecule has 0 fully saturated rings. The lowest BCUT2D eigenvalue weighted by atomic mass is 9.70. The van der Waals surface area contributed by atoms with Gasteiger partial charge < -0.3 is 9.80 Å². The van der Waals surface area contributed by atoms with E-state index in [0.717, 1.165) is 34.1 Å². The van der Waals surface area contributed by atoms with Gasteiger partial charge in [-0.2, -0.15) is 0 Å². The van der Waals surface area contributed by atoms with Gasteiger partial charge in [0.1, 0.15) is 0 Å². The van der Waals surface area contributed by atoms with Crippen LogP contribution < -0.4 is 9.80 Å². The molecule has 0 spiro atoms. The van der Waals surface area contributed by atoms with Crippen LogP contribution in [-0.4, -0.2) is 0 Å². The minimum Gasteiger partial charge on any atom is -0.310 e. The molecule has 0 aromatic heterocycles. The summed E-state index contributed by atoms with van der Waals surface area (Å²) in [6, 6.07) is 66.8. The van der Waals surface area contributed by atoms with E-state index in [0.29, 0.717) is 0 Å².